The molecular weight excluding hydrogens is 299 g/mol. The summed E-state index contributed by atoms with van der Waals surface area (Å²) < 4.78 is 43.9. The first-order valence-corrected chi connectivity index (χ1v) is 6.22. The molecule has 1 heterocycles. The van der Waals surface area contributed by atoms with Gasteiger partial charge in [-0.1, -0.05) is 0 Å². The van der Waals surface area contributed by atoms with Crippen molar-refractivity contribution >= 4 is 17.5 Å². The number of rotatable bonds is 6. The zero-order valence-corrected chi connectivity index (χ0v) is 11.8. The van der Waals surface area contributed by atoms with Crippen LogP contribution in [0.4, 0.5) is 13.2 Å². The molecule has 0 radical (unpaired) electrons. The number of halogens is 4. The molecule has 114 valence electrons. The molecule has 1 aromatic rings. The summed E-state index contributed by atoms with van der Waals surface area (Å²) in [5, 5.41) is 3.90. The van der Waals surface area contributed by atoms with Crippen molar-refractivity contribution in [3.8, 4) is 0 Å². The summed E-state index contributed by atoms with van der Waals surface area (Å²) >= 11 is 5.42. The first-order valence-electron chi connectivity index (χ1n) is 5.68. The van der Waals surface area contributed by atoms with E-state index in [1.807, 2.05) is 0 Å². The Morgan fingerprint density at radius 2 is 2.25 bits per heavy atom. The second kappa shape index (κ2) is 6.94. The molecule has 20 heavy (non-hydrogen) atoms. The van der Waals surface area contributed by atoms with Crippen LogP contribution in [0.3, 0.4) is 0 Å². The molecule has 0 fully saturated rings. The molecule has 0 saturated carbocycles. The third-order valence-corrected chi connectivity index (χ3v) is 2.86. The van der Waals surface area contributed by atoms with Crippen molar-refractivity contribution in [3.63, 3.8) is 0 Å². The maximum absolute atomic E-state index is 12.7. The van der Waals surface area contributed by atoms with Gasteiger partial charge in [0.05, 0.1) is 12.7 Å². The molecule has 0 aliphatic carbocycles. The smallest absolute Gasteiger partial charge is 0.370 e. The standard InChI is InChI=1S/C11H15ClF3N3O2/c1-17-5-8(4-16-17)6-18(10(19)3-12)7-9(20-2)11(13,14)15/h4-5,9H,3,6-7H2,1-2H3. The number of alkyl halides is 4. The van der Waals surface area contributed by atoms with Gasteiger partial charge in [0.15, 0.2) is 6.10 Å². The van der Waals surface area contributed by atoms with Crippen LogP contribution in [0.5, 0.6) is 0 Å². The fourth-order valence-corrected chi connectivity index (χ4v) is 1.79. The lowest BCUT2D eigenvalue weighted by Gasteiger charge is -2.27. The largest absolute Gasteiger partial charge is 0.416 e. The lowest BCUT2D eigenvalue weighted by molar-refractivity contribution is -0.217. The maximum atomic E-state index is 12.7. The number of hydrogen-bond donors (Lipinski definition) is 0. The Hall–Kier alpha value is -1.28. The number of nitrogens with zero attached hydrogens (tertiary/aromatic N) is 3. The lowest BCUT2D eigenvalue weighted by Crippen LogP contribution is -2.44. The topological polar surface area (TPSA) is 47.4 Å². The van der Waals surface area contributed by atoms with Crippen molar-refractivity contribution in [2.24, 2.45) is 7.05 Å². The number of aromatic nitrogens is 2. The fraction of sp³-hybridized carbons (Fsp3) is 0.636. The van der Waals surface area contributed by atoms with Crippen molar-refractivity contribution in [1.29, 1.82) is 0 Å². The molecule has 0 aliphatic heterocycles. The van der Waals surface area contributed by atoms with Crippen LogP contribution >= 0.6 is 11.6 Å². The molecule has 9 heteroatoms. The first-order chi connectivity index (χ1) is 9.27. The third-order valence-electron chi connectivity index (χ3n) is 2.63. The molecule has 1 aromatic heterocycles. The highest BCUT2D eigenvalue weighted by molar-refractivity contribution is 6.27. The van der Waals surface area contributed by atoms with Crippen molar-refractivity contribution in [2.75, 3.05) is 19.5 Å². The minimum absolute atomic E-state index is 0.00463. The molecule has 1 amide bonds. The Balaban J connectivity index is 2.81. The fourth-order valence-electron chi connectivity index (χ4n) is 1.62. The van der Waals surface area contributed by atoms with Gasteiger partial charge in [-0.2, -0.15) is 18.3 Å². The molecule has 1 unspecified atom stereocenters. The van der Waals surface area contributed by atoms with Crippen molar-refractivity contribution in [2.45, 2.75) is 18.8 Å². The lowest BCUT2D eigenvalue weighted by atomic mass is 10.2. The number of ether oxygens (including phenoxy) is 1. The predicted octanol–water partition coefficient (Wildman–Crippen LogP) is 1.56. The van der Waals surface area contributed by atoms with E-state index < -0.39 is 30.6 Å². The summed E-state index contributed by atoms with van der Waals surface area (Å²) in [5.74, 6) is -0.990. The average Bonchev–Trinajstić information content (AvgIpc) is 2.77. The highest BCUT2D eigenvalue weighted by atomic mass is 35.5. The van der Waals surface area contributed by atoms with E-state index in [9.17, 15) is 18.0 Å². The second-order valence-corrected chi connectivity index (χ2v) is 4.46. The molecular formula is C11H15ClF3N3O2. The summed E-state index contributed by atoms with van der Waals surface area (Å²) in [6.45, 7) is -0.615. The molecule has 0 aliphatic rings. The van der Waals surface area contributed by atoms with E-state index in [-0.39, 0.29) is 6.54 Å². The van der Waals surface area contributed by atoms with Crippen LogP contribution in [0.15, 0.2) is 12.4 Å². The Morgan fingerprint density at radius 3 is 2.65 bits per heavy atom. The summed E-state index contributed by atoms with van der Waals surface area (Å²) in [7, 11) is 2.62. The number of amides is 1. The quantitative estimate of drug-likeness (QED) is 0.749. The number of carbonyl (C=O) groups excluding carboxylic acids is 1. The summed E-state index contributed by atoms with van der Waals surface area (Å²) in [6, 6.07) is 0. The predicted molar refractivity (Wildman–Crippen MR) is 66.2 cm³/mol. The minimum atomic E-state index is -4.55. The zero-order valence-electron chi connectivity index (χ0n) is 11.0. The first kappa shape index (κ1) is 16.8. The van der Waals surface area contributed by atoms with Gasteiger partial charge in [-0.15, -0.1) is 11.6 Å². The normalized spacial score (nSPS) is 13.3. The van der Waals surface area contributed by atoms with Gasteiger partial charge >= 0.3 is 6.18 Å². The van der Waals surface area contributed by atoms with Crippen LogP contribution < -0.4 is 0 Å². The van der Waals surface area contributed by atoms with Gasteiger partial charge < -0.3 is 9.64 Å². The van der Waals surface area contributed by atoms with Crippen LogP contribution in [-0.4, -0.2) is 52.4 Å². The number of aryl methyl sites for hydroxylation is 1. The molecule has 0 spiro atoms. The zero-order chi connectivity index (χ0) is 15.3. The number of methoxy groups -OCH3 is 1. The van der Waals surface area contributed by atoms with Gasteiger partial charge in [-0.05, 0) is 0 Å². The molecule has 5 nitrogen and oxygen atoms in total. The van der Waals surface area contributed by atoms with E-state index in [4.69, 9.17) is 11.6 Å². The van der Waals surface area contributed by atoms with Gasteiger partial charge in [-0.3, -0.25) is 9.48 Å². The number of carbonyl (C=O) groups is 1. The molecule has 0 N–H and O–H groups in total. The van der Waals surface area contributed by atoms with Crippen molar-refractivity contribution in [3.05, 3.63) is 18.0 Å². The highest BCUT2D eigenvalue weighted by Gasteiger charge is 2.41. The van der Waals surface area contributed by atoms with E-state index in [0.717, 1.165) is 12.0 Å². The van der Waals surface area contributed by atoms with E-state index in [1.54, 1.807) is 13.2 Å². The van der Waals surface area contributed by atoms with E-state index >= 15 is 0 Å². The Kier molecular flexibility index (Phi) is 5.82. The SMILES string of the molecule is COC(CN(Cc1cnn(C)c1)C(=O)CCl)C(F)(F)F. The van der Waals surface area contributed by atoms with Gasteiger partial charge in [0, 0.05) is 32.5 Å². The maximum Gasteiger partial charge on any atom is 0.416 e. The monoisotopic (exact) mass is 313 g/mol. The highest BCUT2D eigenvalue weighted by Crippen LogP contribution is 2.23. The van der Waals surface area contributed by atoms with E-state index in [2.05, 4.69) is 9.84 Å². The Bertz CT molecular complexity index is 450. The summed E-state index contributed by atoms with van der Waals surface area (Å²) in [5.41, 5.74) is 0.614. The van der Waals surface area contributed by atoms with E-state index in [1.165, 1.54) is 10.9 Å². The van der Waals surface area contributed by atoms with Gasteiger partial charge in [0.25, 0.3) is 0 Å². The van der Waals surface area contributed by atoms with Crippen LogP contribution in [0.2, 0.25) is 0 Å². The van der Waals surface area contributed by atoms with Gasteiger partial charge in [-0.25, -0.2) is 0 Å². The second-order valence-electron chi connectivity index (χ2n) is 4.20. The van der Waals surface area contributed by atoms with Gasteiger partial charge in [0.1, 0.15) is 5.88 Å². The molecule has 1 atom stereocenters. The summed E-state index contributed by atoms with van der Waals surface area (Å²) in [6.07, 6.45) is -3.51. The number of hydrogen-bond acceptors (Lipinski definition) is 3. The van der Waals surface area contributed by atoms with Crippen LogP contribution in [-0.2, 0) is 23.1 Å². The van der Waals surface area contributed by atoms with Crippen LogP contribution in [0, 0.1) is 0 Å². The summed E-state index contributed by atoms with van der Waals surface area (Å²) in [4.78, 5) is 12.7. The average molecular weight is 314 g/mol. The van der Waals surface area contributed by atoms with Gasteiger partial charge in [0.2, 0.25) is 5.91 Å². The Labute approximate surface area is 119 Å². The van der Waals surface area contributed by atoms with Crippen molar-refractivity contribution in [1.82, 2.24) is 14.7 Å². The van der Waals surface area contributed by atoms with E-state index in [0.29, 0.717) is 5.56 Å². The molecule has 0 aromatic carbocycles. The van der Waals surface area contributed by atoms with Crippen LogP contribution in [0.1, 0.15) is 5.56 Å². The molecule has 0 saturated heterocycles. The third kappa shape index (κ3) is 4.68. The van der Waals surface area contributed by atoms with Crippen molar-refractivity contribution < 1.29 is 22.7 Å². The minimum Gasteiger partial charge on any atom is -0.370 e. The molecule has 1 rings (SSSR count). The molecule has 0 bridgehead atoms. The van der Waals surface area contributed by atoms with Crippen LogP contribution in [0.25, 0.3) is 0 Å². The Morgan fingerprint density at radius 1 is 1.60 bits per heavy atom.